The van der Waals surface area contributed by atoms with Crippen LogP contribution in [0.5, 0.6) is 0 Å². The largest absolute Gasteiger partial charge is 0.442 e. The molecule has 0 atom stereocenters. The van der Waals surface area contributed by atoms with Crippen LogP contribution in [0.4, 0.5) is 0 Å². The molecule has 0 bridgehead atoms. The molecule has 1 fully saturated rings. The van der Waals surface area contributed by atoms with E-state index in [4.69, 9.17) is 15.9 Å². The van der Waals surface area contributed by atoms with Gasteiger partial charge < -0.3 is 15.9 Å². The predicted molar refractivity (Wildman–Crippen MR) is 76.1 cm³/mol. The highest BCUT2D eigenvalue weighted by molar-refractivity contribution is 5.83. The Labute approximate surface area is 117 Å². The molecule has 2 heterocycles. The number of fused-ring (bicyclic) bond motifs is 3. The average Bonchev–Trinajstić information content (AvgIpc) is 3.02. The molecule has 2 aromatic rings. The van der Waals surface area contributed by atoms with E-state index in [2.05, 4.69) is 9.97 Å². The Hall–Kier alpha value is -1.46. The summed E-state index contributed by atoms with van der Waals surface area (Å²) in [5, 5.41) is 1.08. The molecule has 1 saturated carbocycles. The Bertz CT molecular complexity index is 655. The molecule has 5 heteroatoms. The highest BCUT2D eigenvalue weighted by Crippen LogP contribution is 2.40. The van der Waals surface area contributed by atoms with Crippen molar-refractivity contribution in [3.8, 4) is 0 Å². The van der Waals surface area contributed by atoms with E-state index < -0.39 is 0 Å². The molecule has 4 rings (SSSR count). The average molecular weight is 272 g/mol. The molecule has 2 aliphatic rings. The molecule has 0 saturated heterocycles. The maximum Gasteiger partial charge on any atom is 0.229 e. The Morgan fingerprint density at radius 3 is 2.80 bits per heavy atom. The minimum absolute atomic E-state index is 0.277. The van der Waals surface area contributed by atoms with Crippen molar-refractivity contribution in [3.05, 3.63) is 23.3 Å². The number of aryl methyl sites for hydroxylation is 2. The van der Waals surface area contributed by atoms with Crippen LogP contribution in [0.2, 0.25) is 0 Å². The van der Waals surface area contributed by atoms with Gasteiger partial charge in [-0.25, -0.2) is 9.97 Å². The molecule has 106 valence electrons. The monoisotopic (exact) mass is 272 g/mol. The second-order valence-electron chi connectivity index (χ2n) is 6.25. The van der Waals surface area contributed by atoms with E-state index in [9.17, 15) is 0 Å². The van der Waals surface area contributed by atoms with Gasteiger partial charge in [0.25, 0.3) is 0 Å². The van der Waals surface area contributed by atoms with Crippen LogP contribution in [0.3, 0.4) is 0 Å². The fourth-order valence-electron chi connectivity index (χ4n) is 3.70. The molecule has 0 radical (unpaired) electrons. The zero-order valence-electron chi connectivity index (χ0n) is 11.6. The molecule has 4 N–H and O–H groups in total. The molecule has 2 aliphatic carbocycles. The van der Waals surface area contributed by atoms with Gasteiger partial charge in [0.15, 0.2) is 0 Å². The number of nitrogens with zero attached hydrogens (tertiary/aromatic N) is 2. The highest BCUT2D eigenvalue weighted by atomic mass is 16.3. The second kappa shape index (κ2) is 4.27. The highest BCUT2D eigenvalue weighted by Gasteiger charge is 2.37. The number of nitrogens with two attached hydrogens (primary N) is 2. The van der Waals surface area contributed by atoms with E-state index in [1.807, 2.05) is 0 Å². The summed E-state index contributed by atoms with van der Waals surface area (Å²) in [6, 6.07) is 0.277. The molecule has 0 aromatic carbocycles. The zero-order chi connectivity index (χ0) is 13.7. The molecular weight excluding hydrogens is 252 g/mol. The van der Waals surface area contributed by atoms with Gasteiger partial charge in [0.05, 0.1) is 16.6 Å². The second-order valence-corrected chi connectivity index (χ2v) is 6.25. The van der Waals surface area contributed by atoms with E-state index in [-0.39, 0.29) is 11.6 Å². The van der Waals surface area contributed by atoms with E-state index in [1.165, 1.54) is 5.56 Å². The van der Waals surface area contributed by atoms with Crippen molar-refractivity contribution in [1.82, 2.24) is 9.97 Å². The number of rotatable bonds is 1. The van der Waals surface area contributed by atoms with Crippen molar-refractivity contribution in [2.24, 2.45) is 11.5 Å². The summed E-state index contributed by atoms with van der Waals surface area (Å²) in [6.45, 7) is 0. The Balaban J connectivity index is 1.87. The van der Waals surface area contributed by atoms with Crippen LogP contribution < -0.4 is 11.5 Å². The van der Waals surface area contributed by atoms with E-state index >= 15 is 0 Å². The topological polar surface area (TPSA) is 91.0 Å². The molecule has 20 heavy (non-hydrogen) atoms. The summed E-state index contributed by atoms with van der Waals surface area (Å²) in [5.74, 6) is 1.08. The summed E-state index contributed by atoms with van der Waals surface area (Å²) >= 11 is 0. The number of furan rings is 1. The normalized spacial score (nSPS) is 29.8. The van der Waals surface area contributed by atoms with Crippen LogP contribution in [-0.4, -0.2) is 16.0 Å². The molecular formula is C15H20N4O. The van der Waals surface area contributed by atoms with Crippen molar-refractivity contribution in [3.63, 3.8) is 0 Å². The molecule has 0 aliphatic heterocycles. The molecule has 2 aromatic heterocycles. The number of hydrogen-bond donors (Lipinski definition) is 2. The summed E-state index contributed by atoms with van der Waals surface area (Å²) in [6.07, 6.45) is 8.50. The lowest BCUT2D eigenvalue weighted by molar-refractivity contribution is 0.273. The van der Waals surface area contributed by atoms with Crippen LogP contribution in [0.25, 0.3) is 11.1 Å². The third-order valence-corrected chi connectivity index (χ3v) is 4.90. The van der Waals surface area contributed by atoms with Crippen molar-refractivity contribution in [2.45, 2.75) is 56.5 Å². The fraction of sp³-hybridized carbons (Fsp3) is 0.600. The van der Waals surface area contributed by atoms with Crippen molar-refractivity contribution < 1.29 is 4.42 Å². The summed E-state index contributed by atoms with van der Waals surface area (Å²) in [5.41, 5.74) is 15.3. The maximum absolute atomic E-state index is 6.67. The third-order valence-electron chi connectivity index (χ3n) is 4.90. The van der Waals surface area contributed by atoms with Gasteiger partial charge >= 0.3 is 0 Å². The zero-order valence-corrected chi connectivity index (χ0v) is 11.6. The Morgan fingerprint density at radius 1 is 1.20 bits per heavy atom. The van der Waals surface area contributed by atoms with Crippen LogP contribution >= 0.6 is 0 Å². The van der Waals surface area contributed by atoms with E-state index in [1.54, 1.807) is 6.33 Å². The summed E-state index contributed by atoms with van der Waals surface area (Å²) in [4.78, 5) is 8.83. The Kier molecular flexibility index (Phi) is 2.62. The van der Waals surface area contributed by atoms with Gasteiger partial charge in [0.1, 0.15) is 12.1 Å². The standard InChI is InChI=1S/C15H20N4O/c16-9-4-6-15(17,7-5-9)13-12-10-2-1-3-11(10)20-14(12)19-8-18-13/h8-9H,1-7,16-17H2/t9-,15+. The van der Waals surface area contributed by atoms with Gasteiger partial charge in [-0.15, -0.1) is 0 Å². The van der Waals surface area contributed by atoms with Crippen molar-refractivity contribution in [1.29, 1.82) is 0 Å². The van der Waals surface area contributed by atoms with Crippen LogP contribution in [0, 0.1) is 0 Å². The van der Waals surface area contributed by atoms with Gasteiger partial charge in [0.2, 0.25) is 5.71 Å². The van der Waals surface area contributed by atoms with Gasteiger partial charge in [-0.3, -0.25) is 0 Å². The van der Waals surface area contributed by atoms with Crippen molar-refractivity contribution >= 4 is 11.1 Å². The number of aromatic nitrogens is 2. The Morgan fingerprint density at radius 2 is 2.00 bits per heavy atom. The first-order valence-corrected chi connectivity index (χ1v) is 7.47. The van der Waals surface area contributed by atoms with Crippen LogP contribution in [0.1, 0.15) is 49.1 Å². The minimum atomic E-state index is -0.378. The first-order valence-electron chi connectivity index (χ1n) is 7.47. The molecule has 0 amide bonds. The molecule has 0 spiro atoms. The first-order chi connectivity index (χ1) is 9.67. The van der Waals surface area contributed by atoms with Crippen LogP contribution in [-0.2, 0) is 18.4 Å². The maximum atomic E-state index is 6.67. The van der Waals surface area contributed by atoms with Gasteiger partial charge in [0, 0.05) is 18.0 Å². The fourth-order valence-corrected chi connectivity index (χ4v) is 3.70. The van der Waals surface area contributed by atoms with E-state index in [0.29, 0.717) is 5.71 Å². The summed E-state index contributed by atoms with van der Waals surface area (Å²) in [7, 11) is 0. The minimum Gasteiger partial charge on any atom is -0.442 e. The smallest absolute Gasteiger partial charge is 0.229 e. The van der Waals surface area contributed by atoms with Crippen LogP contribution in [0.15, 0.2) is 10.7 Å². The van der Waals surface area contributed by atoms with Crippen molar-refractivity contribution in [2.75, 3.05) is 0 Å². The summed E-state index contributed by atoms with van der Waals surface area (Å²) < 4.78 is 5.88. The SMILES string of the molecule is N[C@H]1CC[C@](N)(c2ncnc3oc4c(c32)CCC4)CC1. The lowest BCUT2D eigenvalue weighted by Crippen LogP contribution is -2.44. The lowest BCUT2D eigenvalue weighted by atomic mass is 9.77. The van der Waals surface area contributed by atoms with Gasteiger partial charge in [-0.1, -0.05) is 0 Å². The number of hydrogen-bond acceptors (Lipinski definition) is 5. The van der Waals surface area contributed by atoms with Gasteiger partial charge in [-0.2, -0.15) is 0 Å². The third kappa shape index (κ3) is 1.70. The van der Waals surface area contributed by atoms with E-state index in [0.717, 1.165) is 61.8 Å². The first kappa shape index (κ1) is 12.3. The molecule has 5 nitrogen and oxygen atoms in total. The predicted octanol–water partition coefficient (Wildman–Crippen LogP) is 1.77. The lowest BCUT2D eigenvalue weighted by Gasteiger charge is -2.35. The quantitative estimate of drug-likeness (QED) is 0.825. The van der Waals surface area contributed by atoms with Gasteiger partial charge in [-0.05, 0) is 38.5 Å². The molecule has 0 unspecified atom stereocenters.